The molecule has 8 nitrogen and oxygen atoms in total. The van der Waals surface area contributed by atoms with Crippen LogP contribution in [0.3, 0.4) is 0 Å². The van der Waals surface area contributed by atoms with Crippen molar-refractivity contribution in [1.82, 2.24) is 19.9 Å². The van der Waals surface area contributed by atoms with Crippen LogP contribution in [0.15, 0.2) is 150 Å². The highest BCUT2D eigenvalue weighted by Crippen LogP contribution is 2.15. The van der Waals surface area contributed by atoms with Crippen molar-refractivity contribution >= 4 is 57.5 Å². The lowest BCUT2D eigenvalue weighted by molar-refractivity contribution is 0.465. The van der Waals surface area contributed by atoms with Crippen molar-refractivity contribution in [2.24, 2.45) is 94.7 Å². The van der Waals surface area contributed by atoms with Gasteiger partial charge in [-0.1, -0.05) is 351 Å². The van der Waals surface area contributed by atoms with E-state index in [4.69, 9.17) is 17.7 Å². The molecule has 0 aromatic carbocycles. The molecule has 0 saturated heterocycles. The number of rotatable bonds is 18. The Morgan fingerprint density at radius 3 is 1.08 bits per heavy atom. The van der Waals surface area contributed by atoms with Gasteiger partial charge in [0.2, 0.25) is 0 Å². The van der Waals surface area contributed by atoms with Gasteiger partial charge in [0.25, 0.3) is 5.89 Å². The molecule has 0 spiro atoms. The van der Waals surface area contributed by atoms with Crippen LogP contribution in [0.2, 0.25) is 0 Å². The Kier molecular flexibility index (Phi) is 106. The zero-order chi connectivity index (χ0) is 93.5. The summed E-state index contributed by atoms with van der Waals surface area (Å²) in [5, 5.41) is 10.4. The van der Waals surface area contributed by atoms with Gasteiger partial charge in [-0.25, -0.2) is 19.9 Å². The average Bonchev–Trinajstić information content (AvgIpc) is 1.92. The van der Waals surface area contributed by atoms with Crippen LogP contribution in [-0.4, -0.2) is 19.9 Å². The fourth-order valence-corrected chi connectivity index (χ4v) is 8.78. The van der Waals surface area contributed by atoms with E-state index < -0.39 is 0 Å². The van der Waals surface area contributed by atoms with Crippen LogP contribution in [0.1, 0.15) is 392 Å². The second-order valence-corrected chi connectivity index (χ2v) is 41.4. The van der Waals surface area contributed by atoms with Crippen molar-refractivity contribution in [3.8, 4) is 47.4 Å². The van der Waals surface area contributed by atoms with Crippen LogP contribution in [-0.2, 0) is 12.8 Å². The second-order valence-electron chi connectivity index (χ2n) is 37.6. The first-order valence-electron chi connectivity index (χ1n) is 45.1. The van der Waals surface area contributed by atoms with Crippen LogP contribution >= 0.6 is 45.3 Å². The molecule has 692 valence electrons. The quantitative estimate of drug-likeness (QED) is 0.0783. The fraction of sp³-hybridized carbons (Fsp3) is 0.633. The number of allylic oxidation sites excluding steroid dienone is 2. The Hall–Kier alpha value is -6.64. The normalized spacial score (nSPS) is 9.85. The van der Waals surface area contributed by atoms with Crippen LogP contribution in [0.5, 0.6) is 0 Å². The highest BCUT2D eigenvalue weighted by Gasteiger charge is 2.01. The van der Waals surface area contributed by atoms with Gasteiger partial charge >= 0.3 is 0 Å². The van der Waals surface area contributed by atoms with E-state index in [1.165, 1.54) is 53.1 Å². The molecular weight excluding hydrogens is 1560 g/mol. The topological polar surface area (TPSA) is 104 Å². The molecule has 0 amide bonds. The van der Waals surface area contributed by atoms with Gasteiger partial charge in [-0.2, -0.15) is 0 Å². The number of thiophene rings is 2. The SMILES string of the molecule is C.CC(C)C.CC(C)C.CC(C)C.CC(C)C.CC(C)C.CC(C)C.CC(C)C.CC(C)C.CC(C)C/C=C/c1ccco1.CC(C)C/C=C/c1cccs1.CC(C)CC#Cc1ccco1.CC(C)CC#Cc1cccs1.CC(C)CC#Cc1ncco1.CC(C)CC#Cc1nccs1.CC(C)CCCc1ncco1.CC(C)CCCc1nccs1. The Labute approximate surface area is 768 Å². The molecule has 8 aromatic rings. The molecule has 12 heteroatoms. The number of nitrogens with zero attached hydrogens (tertiary/aromatic N) is 4. The zero-order valence-corrected chi connectivity index (χ0v) is 87.9. The molecule has 0 saturated carbocycles. The molecule has 0 N–H and O–H groups in total. The number of thiazole rings is 2. The Morgan fingerprint density at radius 1 is 0.322 bits per heavy atom. The summed E-state index contributed by atoms with van der Waals surface area (Å²) < 4.78 is 20.2. The number of aryl methyl sites for hydroxylation is 2. The fourth-order valence-electron chi connectivity index (χ4n) is 6.38. The third-order valence-electron chi connectivity index (χ3n) is 10.9. The lowest BCUT2D eigenvalue weighted by atomic mass is 10.1. The number of hydrogen-bond acceptors (Lipinski definition) is 12. The lowest BCUT2D eigenvalue weighted by Gasteiger charge is -2.01. The third-order valence-corrected chi connectivity index (χ3v) is 14.1. The molecule has 121 heavy (non-hydrogen) atoms. The Balaban J connectivity index is -0.000000161. The van der Waals surface area contributed by atoms with Gasteiger partial charge in [-0.15, -0.1) is 45.3 Å². The molecule has 0 radical (unpaired) electrons. The van der Waals surface area contributed by atoms with Gasteiger partial charge in [0, 0.05) is 60.1 Å². The summed E-state index contributed by atoms with van der Waals surface area (Å²) in [5.74, 6) is 39.6. The van der Waals surface area contributed by atoms with E-state index in [2.05, 4.69) is 391 Å². The number of furan rings is 2. The average molecular weight is 1750 g/mol. The molecule has 0 fully saturated rings. The van der Waals surface area contributed by atoms with Crippen molar-refractivity contribution in [1.29, 1.82) is 0 Å². The monoisotopic (exact) mass is 1750 g/mol. The first kappa shape index (κ1) is 132. The molecule has 0 unspecified atom stereocenters. The molecule has 0 bridgehead atoms. The number of oxazole rings is 2. The lowest BCUT2D eigenvalue weighted by Crippen LogP contribution is -1.90. The molecular formula is C109H188N4O4S4. The van der Waals surface area contributed by atoms with Crippen LogP contribution in [0.4, 0.5) is 0 Å². The standard InChI is InChI=1S/C10H14O.C10H12O.C10H14S.C10H12S.C9H15NO.C9H11NO.C9H15NS.C9H11NS.8C4H10.CH4/c4*1-9(2)5-3-6-10-7-4-8-11-10;4*1-8(2)4-3-5-9-10-6-7-11-9;8*1-4(2)3;/h3-4,6-9H,5H2,1-2H3;4,7-9H,5H2,1-2H3;3-4,6-9H,5H2,1-2H3;4,7-9H,5H2,1-2H3;6-8H,3-5H2,1-2H3;6-8H,4H2,1-2H3;6-8H,3-5H2,1-2H3;6-8H,4H2,1-2H3;8*4H,1-3H3;1H4/b6-3+;;6-3+;;;;;;;;;;;;;;. The minimum absolute atomic E-state index is 0. The van der Waals surface area contributed by atoms with Gasteiger partial charge in [0.15, 0.2) is 16.7 Å². The Bertz CT molecular complexity index is 3050. The first-order chi connectivity index (χ1) is 56.2. The predicted molar refractivity (Wildman–Crippen MR) is 552 cm³/mol. The molecule has 0 aliphatic rings. The third kappa shape index (κ3) is 148. The van der Waals surface area contributed by atoms with Gasteiger partial charge < -0.3 is 17.7 Å². The van der Waals surface area contributed by atoms with E-state index in [1.54, 1.807) is 82.7 Å². The number of aromatic nitrogens is 4. The Morgan fingerprint density at radius 2 is 0.727 bits per heavy atom. The van der Waals surface area contributed by atoms with E-state index >= 15 is 0 Å². The first-order valence-corrected chi connectivity index (χ1v) is 48.7. The molecule has 0 atom stereocenters. The maximum atomic E-state index is 5.13. The molecule has 0 aliphatic heterocycles. The van der Waals surface area contributed by atoms with E-state index in [9.17, 15) is 0 Å². The summed E-state index contributed by atoms with van der Waals surface area (Å²) >= 11 is 6.84. The second kappa shape index (κ2) is 97.2. The number of hydrogen-bond donors (Lipinski definition) is 0. The van der Waals surface area contributed by atoms with Crippen molar-refractivity contribution in [2.75, 3.05) is 0 Å². The summed E-state index contributed by atoms with van der Waals surface area (Å²) in [6.45, 7) is 87.1. The smallest absolute Gasteiger partial charge is 0.273 e. The summed E-state index contributed by atoms with van der Waals surface area (Å²) in [6, 6.07) is 15.9. The summed E-state index contributed by atoms with van der Waals surface area (Å²) in [4.78, 5) is 18.7. The van der Waals surface area contributed by atoms with E-state index in [-0.39, 0.29) is 7.43 Å². The minimum atomic E-state index is 0. The van der Waals surface area contributed by atoms with Gasteiger partial charge in [-0.05, 0) is 204 Å². The van der Waals surface area contributed by atoms with E-state index in [1.807, 2.05) is 53.4 Å². The summed E-state index contributed by atoms with van der Waals surface area (Å²) in [6.07, 6.45) is 35.3. The van der Waals surface area contributed by atoms with Crippen molar-refractivity contribution in [3.05, 3.63) is 175 Å². The van der Waals surface area contributed by atoms with Crippen LogP contribution in [0.25, 0.3) is 12.2 Å². The summed E-state index contributed by atoms with van der Waals surface area (Å²) in [7, 11) is 0. The maximum Gasteiger partial charge on any atom is 0.273 e. The van der Waals surface area contributed by atoms with Gasteiger partial charge in [0.1, 0.15) is 18.3 Å². The van der Waals surface area contributed by atoms with Crippen molar-refractivity contribution in [2.45, 2.75) is 361 Å². The van der Waals surface area contributed by atoms with E-state index in [0.717, 1.165) is 138 Å². The molecule has 0 aliphatic carbocycles. The highest BCUT2D eigenvalue weighted by atomic mass is 32.1. The van der Waals surface area contributed by atoms with Crippen molar-refractivity contribution in [3.63, 3.8) is 0 Å². The minimum Gasteiger partial charge on any atom is -0.465 e. The highest BCUT2D eigenvalue weighted by molar-refractivity contribution is 7.11. The van der Waals surface area contributed by atoms with Crippen LogP contribution in [0, 0.1) is 142 Å². The zero-order valence-electron chi connectivity index (χ0n) is 84.6. The largest absolute Gasteiger partial charge is 0.465 e. The molecule has 8 heterocycles. The van der Waals surface area contributed by atoms with Gasteiger partial charge in [-0.3, -0.25) is 0 Å². The van der Waals surface area contributed by atoms with Gasteiger partial charge in [0.05, 0.1) is 34.8 Å². The maximum absolute atomic E-state index is 5.13. The molecule has 8 aromatic heterocycles. The molecule has 8 rings (SSSR count). The summed E-state index contributed by atoms with van der Waals surface area (Å²) in [5.41, 5.74) is 0. The van der Waals surface area contributed by atoms with E-state index in [0.29, 0.717) is 29.6 Å². The van der Waals surface area contributed by atoms with Crippen molar-refractivity contribution < 1.29 is 17.7 Å². The predicted octanol–water partition coefficient (Wildman–Crippen LogP) is 37.3. The van der Waals surface area contributed by atoms with Crippen LogP contribution < -0.4 is 0 Å².